The molecule has 0 saturated carbocycles. The standard InChI is InChI=1S/C36H54N2O/c1-12-25(4)18-15-16-19-29-20-17-21-30(34(29)26(5)13-2)35-32-22-27(6)31(28(7)39-14-3)23-38(32)33(24-37(35)11)36(8,9)10/h17,20-23,25,33H,6-7,12-16,18-19,24H2,1-5,8-11H3/b34-26?,35-30-. The van der Waals surface area contributed by atoms with Gasteiger partial charge < -0.3 is 14.5 Å². The van der Waals surface area contributed by atoms with Crippen LogP contribution in [0.5, 0.6) is 0 Å². The third-order valence-corrected chi connectivity index (χ3v) is 8.68. The highest BCUT2D eigenvalue weighted by molar-refractivity contribution is 5.70. The van der Waals surface area contributed by atoms with Gasteiger partial charge in [0, 0.05) is 30.6 Å². The van der Waals surface area contributed by atoms with Crippen LogP contribution in [-0.4, -0.2) is 36.0 Å². The lowest BCUT2D eigenvalue weighted by Gasteiger charge is -2.50. The van der Waals surface area contributed by atoms with Crippen LogP contribution in [0.4, 0.5) is 0 Å². The number of aryl methyl sites for hydroxylation is 1. The van der Waals surface area contributed by atoms with Crippen molar-refractivity contribution in [3.05, 3.63) is 82.2 Å². The van der Waals surface area contributed by atoms with Gasteiger partial charge in [0.15, 0.2) is 0 Å². The maximum atomic E-state index is 5.83. The molecule has 3 nitrogen and oxygen atoms in total. The molecule has 0 amide bonds. The molecule has 0 aliphatic carbocycles. The lowest BCUT2D eigenvalue weighted by atomic mass is 9.81. The molecular weight excluding hydrogens is 476 g/mol. The number of nitrogens with zero attached hydrogens (tertiary/aromatic N) is 2. The molecule has 0 spiro atoms. The third kappa shape index (κ3) is 6.91. The summed E-state index contributed by atoms with van der Waals surface area (Å²) in [6, 6.07) is 7.26. The molecule has 2 aliphatic rings. The highest BCUT2D eigenvalue weighted by atomic mass is 16.5. The van der Waals surface area contributed by atoms with E-state index in [4.69, 9.17) is 4.74 Å². The molecule has 0 N–H and O–H groups in total. The second-order valence-corrected chi connectivity index (χ2v) is 12.7. The summed E-state index contributed by atoms with van der Waals surface area (Å²) in [5.74, 6) is 1.51. The van der Waals surface area contributed by atoms with Crippen molar-refractivity contribution in [2.75, 3.05) is 20.2 Å². The summed E-state index contributed by atoms with van der Waals surface area (Å²) in [4.78, 5) is 4.96. The van der Waals surface area contributed by atoms with Crippen LogP contribution in [0.25, 0.3) is 11.3 Å². The van der Waals surface area contributed by atoms with Gasteiger partial charge in [-0.3, -0.25) is 0 Å². The van der Waals surface area contributed by atoms with E-state index in [0.29, 0.717) is 18.4 Å². The van der Waals surface area contributed by atoms with Gasteiger partial charge in [0.25, 0.3) is 0 Å². The summed E-state index contributed by atoms with van der Waals surface area (Å²) in [5, 5.41) is 2.78. The van der Waals surface area contributed by atoms with Gasteiger partial charge in [0.2, 0.25) is 0 Å². The van der Waals surface area contributed by atoms with Crippen LogP contribution in [-0.2, 0) is 11.2 Å². The number of fused-ring (bicyclic) bond motifs is 1. The Hall–Kier alpha value is -2.68. The second-order valence-electron chi connectivity index (χ2n) is 12.7. The topological polar surface area (TPSA) is 15.7 Å². The van der Waals surface area contributed by atoms with Gasteiger partial charge in [0.1, 0.15) is 5.76 Å². The number of piperazine rings is 1. The van der Waals surface area contributed by atoms with E-state index in [0.717, 1.165) is 36.5 Å². The molecule has 39 heavy (non-hydrogen) atoms. The smallest absolute Gasteiger partial charge is 0.121 e. The van der Waals surface area contributed by atoms with Gasteiger partial charge >= 0.3 is 0 Å². The fourth-order valence-electron chi connectivity index (χ4n) is 5.93. The Labute approximate surface area is 239 Å². The summed E-state index contributed by atoms with van der Waals surface area (Å²) in [7, 11) is 2.26. The second kappa shape index (κ2) is 13.1. The Morgan fingerprint density at radius 2 is 1.87 bits per heavy atom. The minimum absolute atomic E-state index is 0.0812. The summed E-state index contributed by atoms with van der Waals surface area (Å²) in [6.07, 6.45) is 11.8. The lowest BCUT2D eigenvalue weighted by molar-refractivity contribution is 0.128. The fourth-order valence-corrected chi connectivity index (χ4v) is 5.93. The number of ether oxygens (including phenoxy) is 1. The highest BCUT2D eigenvalue weighted by Crippen LogP contribution is 2.41. The van der Waals surface area contributed by atoms with E-state index < -0.39 is 0 Å². The van der Waals surface area contributed by atoms with Gasteiger partial charge in [0.05, 0.1) is 24.0 Å². The molecule has 2 heterocycles. The zero-order valence-corrected chi connectivity index (χ0v) is 26.4. The molecular formula is C36H54N2O. The SMILES string of the molecule is C=C1C=C2/C(=c3\cccc(CCCCC(C)CC)c3=C(C)CC)N(C)CC(C(C)(C)C)N2C=C1C(=C)OCC. The molecule has 3 rings (SSSR count). The molecule has 2 aliphatic heterocycles. The van der Waals surface area contributed by atoms with Crippen molar-refractivity contribution in [2.24, 2.45) is 11.3 Å². The van der Waals surface area contributed by atoms with Crippen LogP contribution in [0, 0.1) is 11.3 Å². The zero-order valence-electron chi connectivity index (χ0n) is 26.4. The van der Waals surface area contributed by atoms with Gasteiger partial charge in [-0.2, -0.15) is 0 Å². The van der Waals surface area contributed by atoms with Gasteiger partial charge in [-0.05, 0) is 66.9 Å². The van der Waals surface area contributed by atoms with E-state index in [1.807, 2.05) is 6.92 Å². The zero-order chi connectivity index (χ0) is 28.9. The summed E-state index contributed by atoms with van der Waals surface area (Å²) in [5.41, 5.74) is 7.49. The maximum absolute atomic E-state index is 5.83. The summed E-state index contributed by atoms with van der Waals surface area (Å²) >= 11 is 0. The van der Waals surface area contributed by atoms with E-state index in [9.17, 15) is 0 Å². The van der Waals surface area contributed by atoms with Crippen LogP contribution in [0.1, 0.15) is 93.1 Å². The molecule has 0 aromatic heterocycles. The van der Waals surface area contributed by atoms with Crippen LogP contribution < -0.4 is 10.4 Å². The van der Waals surface area contributed by atoms with Crippen molar-refractivity contribution < 1.29 is 4.74 Å². The first-order valence-electron chi connectivity index (χ1n) is 15.2. The molecule has 214 valence electrons. The summed E-state index contributed by atoms with van der Waals surface area (Å²) in [6.45, 7) is 28.5. The van der Waals surface area contributed by atoms with Crippen LogP contribution >= 0.6 is 0 Å². The minimum atomic E-state index is 0.0812. The molecule has 1 aromatic rings. The first-order chi connectivity index (χ1) is 18.4. The average molecular weight is 531 g/mol. The Bertz CT molecular complexity index is 1240. The van der Waals surface area contributed by atoms with Crippen molar-refractivity contribution in [2.45, 2.75) is 100.0 Å². The monoisotopic (exact) mass is 530 g/mol. The van der Waals surface area contributed by atoms with Crippen LogP contribution in [0.15, 0.2) is 66.2 Å². The number of unbranched alkanes of at least 4 members (excludes halogenated alkanes) is 1. The molecule has 2 unspecified atom stereocenters. The van der Waals surface area contributed by atoms with Gasteiger partial charge in [-0.1, -0.05) is 97.7 Å². The Kier molecular flexibility index (Phi) is 10.4. The Morgan fingerprint density at radius 1 is 1.15 bits per heavy atom. The van der Waals surface area contributed by atoms with Crippen molar-refractivity contribution >= 4 is 11.3 Å². The number of rotatable bonds is 10. The first kappa shape index (κ1) is 30.9. The van der Waals surface area contributed by atoms with Gasteiger partial charge in [-0.15, -0.1) is 0 Å². The number of hydrogen-bond acceptors (Lipinski definition) is 3. The quantitative estimate of drug-likeness (QED) is 0.228. The number of allylic oxidation sites excluding steroid dienone is 2. The average Bonchev–Trinajstić information content (AvgIpc) is 2.89. The predicted molar refractivity (Wildman–Crippen MR) is 169 cm³/mol. The highest BCUT2D eigenvalue weighted by Gasteiger charge is 2.40. The largest absolute Gasteiger partial charge is 0.494 e. The van der Waals surface area contributed by atoms with E-state index >= 15 is 0 Å². The molecule has 1 saturated heterocycles. The van der Waals surface area contributed by atoms with E-state index in [-0.39, 0.29) is 5.41 Å². The van der Waals surface area contributed by atoms with Crippen molar-refractivity contribution in [3.63, 3.8) is 0 Å². The Morgan fingerprint density at radius 3 is 2.49 bits per heavy atom. The lowest BCUT2D eigenvalue weighted by Crippen LogP contribution is -2.55. The van der Waals surface area contributed by atoms with Crippen LogP contribution in [0.3, 0.4) is 0 Å². The number of likely N-dealkylation sites (N-methyl/N-ethyl adjacent to an activating group) is 1. The third-order valence-electron chi connectivity index (χ3n) is 8.68. The van der Waals surface area contributed by atoms with E-state index in [1.165, 1.54) is 58.7 Å². The molecule has 0 radical (unpaired) electrons. The van der Waals surface area contributed by atoms with Gasteiger partial charge in [-0.25, -0.2) is 0 Å². The number of hydrogen-bond donors (Lipinski definition) is 0. The molecule has 1 fully saturated rings. The normalized spacial score (nSPS) is 20.7. The summed E-state index contributed by atoms with van der Waals surface area (Å²) < 4.78 is 5.83. The molecule has 2 atom stereocenters. The maximum Gasteiger partial charge on any atom is 0.121 e. The van der Waals surface area contributed by atoms with Crippen molar-refractivity contribution in [1.29, 1.82) is 0 Å². The van der Waals surface area contributed by atoms with Crippen LogP contribution in [0.2, 0.25) is 0 Å². The first-order valence-corrected chi connectivity index (χ1v) is 15.2. The van der Waals surface area contributed by atoms with Crippen molar-refractivity contribution in [3.8, 4) is 0 Å². The number of benzene rings is 1. The Balaban J connectivity index is 2.21. The molecule has 1 aromatic carbocycles. The fraction of sp³-hybridized carbons (Fsp3) is 0.556. The van der Waals surface area contributed by atoms with Crippen molar-refractivity contribution in [1.82, 2.24) is 9.80 Å². The van der Waals surface area contributed by atoms with E-state index in [2.05, 4.69) is 109 Å². The predicted octanol–water partition coefficient (Wildman–Crippen LogP) is 7.68. The van der Waals surface area contributed by atoms with E-state index in [1.54, 1.807) is 0 Å². The molecule has 3 heteroatoms. The minimum Gasteiger partial charge on any atom is -0.494 e. The molecule has 0 bridgehead atoms.